The molecule has 0 amide bonds. The third-order valence-electron chi connectivity index (χ3n) is 14.8. The molecule has 2 heteroatoms. The van der Waals surface area contributed by atoms with Crippen LogP contribution in [0.1, 0.15) is 47.2 Å². The molecule has 0 bridgehead atoms. The van der Waals surface area contributed by atoms with E-state index in [1.54, 1.807) is 0 Å². The highest BCUT2D eigenvalue weighted by molar-refractivity contribution is 6.23. The van der Waals surface area contributed by atoms with Crippen molar-refractivity contribution in [3.05, 3.63) is 240 Å². The van der Waals surface area contributed by atoms with Gasteiger partial charge in [-0.15, -0.1) is 0 Å². The standard InChI is InChI=1S/C63H48N2/c1-63(2)55-23-11-10-22-49(55)50-35-32-46(38-56(50)63)62-52-37-34-47(64-57-24-12-6-16-41(57)28-29-42-17-7-13-25-58(42)64)39-53(52)61(45-20-4-3-5-21-45)51-36-33-48(40-54(51)62)65-59-26-14-8-18-43(59)30-31-44-19-9-15-27-60(44)65/h3-27,32-40H,28-31H2,1-2H3. The second kappa shape index (κ2) is 14.7. The molecule has 0 saturated heterocycles. The zero-order valence-corrected chi connectivity index (χ0v) is 36.9. The minimum absolute atomic E-state index is 0.136. The van der Waals surface area contributed by atoms with Crippen LogP contribution in [0.25, 0.3) is 54.9 Å². The molecule has 310 valence electrons. The van der Waals surface area contributed by atoms with Crippen LogP contribution in [0, 0.1) is 0 Å². The molecule has 10 aromatic carbocycles. The second-order valence-electron chi connectivity index (χ2n) is 18.7. The van der Waals surface area contributed by atoms with E-state index in [-0.39, 0.29) is 5.41 Å². The highest BCUT2D eigenvalue weighted by atomic mass is 15.2. The second-order valence-corrected chi connectivity index (χ2v) is 18.7. The van der Waals surface area contributed by atoms with Gasteiger partial charge in [-0.1, -0.05) is 166 Å². The SMILES string of the molecule is CC1(C)c2ccccc2-c2ccc(-c3c4ccc(N5c6ccccc6CCc6ccccc65)cc4c(-c4ccccc4)c4ccc(N5c6ccccc6CCc6ccccc65)cc34)cc21. The Labute approximate surface area is 381 Å². The van der Waals surface area contributed by atoms with Crippen LogP contribution in [0.15, 0.2) is 206 Å². The van der Waals surface area contributed by atoms with Gasteiger partial charge in [-0.3, -0.25) is 0 Å². The summed E-state index contributed by atoms with van der Waals surface area (Å²) in [5.74, 6) is 0. The molecule has 0 atom stereocenters. The fraction of sp³-hybridized carbons (Fsp3) is 0.111. The highest BCUT2D eigenvalue weighted by Crippen LogP contribution is 2.53. The molecule has 0 aromatic heterocycles. The molecular formula is C63H48N2. The first kappa shape index (κ1) is 37.8. The van der Waals surface area contributed by atoms with Crippen molar-refractivity contribution < 1.29 is 0 Å². The number of para-hydroxylation sites is 4. The summed E-state index contributed by atoms with van der Waals surface area (Å²) in [6.07, 6.45) is 4.03. The Hall–Kier alpha value is -7.68. The van der Waals surface area contributed by atoms with Crippen LogP contribution in [-0.4, -0.2) is 0 Å². The number of nitrogens with zero attached hydrogens (tertiary/aromatic N) is 2. The lowest BCUT2D eigenvalue weighted by Gasteiger charge is -2.29. The summed E-state index contributed by atoms with van der Waals surface area (Å²) in [6, 6.07) is 77.9. The molecule has 13 rings (SSSR count). The van der Waals surface area contributed by atoms with Crippen molar-refractivity contribution in [1.82, 2.24) is 0 Å². The van der Waals surface area contributed by atoms with Crippen molar-refractivity contribution in [1.29, 1.82) is 0 Å². The molecule has 0 N–H and O–H groups in total. The van der Waals surface area contributed by atoms with Crippen LogP contribution >= 0.6 is 0 Å². The lowest BCUT2D eigenvalue weighted by molar-refractivity contribution is 0.660. The molecule has 0 saturated carbocycles. The van der Waals surface area contributed by atoms with Gasteiger partial charge in [0, 0.05) is 39.5 Å². The van der Waals surface area contributed by atoms with Crippen molar-refractivity contribution in [2.45, 2.75) is 44.9 Å². The summed E-state index contributed by atoms with van der Waals surface area (Å²) in [5, 5.41) is 4.99. The predicted octanol–water partition coefficient (Wildman–Crippen LogP) is 16.8. The van der Waals surface area contributed by atoms with E-state index in [9.17, 15) is 0 Å². The van der Waals surface area contributed by atoms with E-state index in [4.69, 9.17) is 0 Å². The van der Waals surface area contributed by atoms with Crippen molar-refractivity contribution in [3.63, 3.8) is 0 Å². The van der Waals surface area contributed by atoms with Gasteiger partial charge in [0.25, 0.3) is 0 Å². The summed E-state index contributed by atoms with van der Waals surface area (Å²) in [5.41, 5.74) is 23.1. The molecule has 2 aliphatic heterocycles. The van der Waals surface area contributed by atoms with E-state index in [2.05, 4.69) is 230 Å². The van der Waals surface area contributed by atoms with E-state index < -0.39 is 0 Å². The largest absolute Gasteiger partial charge is 0.310 e. The first-order valence-electron chi connectivity index (χ1n) is 23.3. The highest BCUT2D eigenvalue weighted by Gasteiger charge is 2.36. The van der Waals surface area contributed by atoms with Gasteiger partial charge in [0.2, 0.25) is 0 Å². The number of fused-ring (bicyclic) bond motifs is 9. The number of anilines is 6. The van der Waals surface area contributed by atoms with E-state index in [1.807, 2.05) is 0 Å². The minimum atomic E-state index is -0.136. The molecular weight excluding hydrogens is 785 g/mol. The first-order chi connectivity index (χ1) is 32.0. The van der Waals surface area contributed by atoms with Crippen LogP contribution < -0.4 is 9.80 Å². The summed E-state index contributed by atoms with van der Waals surface area (Å²) >= 11 is 0. The van der Waals surface area contributed by atoms with Gasteiger partial charge < -0.3 is 9.80 Å². The zero-order chi connectivity index (χ0) is 43.2. The Kier molecular flexibility index (Phi) is 8.55. The van der Waals surface area contributed by atoms with Gasteiger partial charge in [-0.05, 0) is 169 Å². The fourth-order valence-corrected chi connectivity index (χ4v) is 11.7. The average molecular weight is 833 g/mol. The van der Waals surface area contributed by atoms with E-state index in [0.717, 1.165) is 25.7 Å². The minimum Gasteiger partial charge on any atom is -0.310 e. The fourth-order valence-electron chi connectivity index (χ4n) is 11.7. The maximum Gasteiger partial charge on any atom is 0.0493 e. The first-order valence-corrected chi connectivity index (χ1v) is 23.3. The zero-order valence-electron chi connectivity index (χ0n) is 36.9. The van der Waals surface area contributed by atoms with Crippen molar-refractivity contribution in [2.24, 2.45) is 0 Å². The van der Waals surface area contributed by atoms with Crippen LogP contribution in [0.3, 0.4) is 0 Å². The monoisotopic (exact) mass is 832 g/mol. The van der Waals surface area contributed by atoms with Gasteiger partial charge in [0.15, 0.2) is 0 Å². The van der Waals surface area contributed by atoms with Gasteiger partial charge >= 0.3 is 0 Å². The summed E-state index contributed by atoms with van der Waals surface area (Å²) < 4.78 is 0. The Morgan fingerprint density at radius 1 is 0.323 bits per heavy atom. The summed E-state index contributed by atoms with van der Waals surface area (Å²) in [7, 11) is 0. The molecule has 1 aliphatic carbocycles. The van der Waals surface area contributed by atoms with Crippen molar-refractivity contribution in [2.75, 3.05) is 9.80 Å². The van der Waals surface area contributed by atoms with Crippen LogP contribution in [0.2, 0.25) is 0 Å². The van der Waals surface area contributed by atoms with Crippen molar-refractivity contribution >= 4 is 55.7 Å². The summed E-state index contributed by atoms with van der Waals surface area (Å²) in [4.78, 5) is 5.04. The molecule has 3 aliphatic rings. The molecule has 0 fully saturated rings. The number of aryl methyl sites for hydroxylation is 4. The Bertz CT molecular complexity index is 3450. The van der Waals surface area contributed by atoms with Gasteiger partial charge in [-0.25, -0.2) is 0 Å². The van der Waals surface area contributed by atoms with Crippen molar-refractivity contribution in [3.8, 4) is 33.4 Å². The summed E-state index contributed by atoms with van der Waals surface area (Å²) in [6.45, 7) is 4.79. The topological polar surface area (TPSA) is 6.48 Å². The quantitative estimate of drug-likeness (QED) is 0.163. The normalized spacial score (nSPS) is 14.4. The molecule has 65 heavy (non-hydrogen) atoms. The van der Waals surface area contributed by atoms with E-state index >= 15 is 0 Å². The van der Waals surface area contributed by atoms with E-state index in [0.29, 0.717) is 0 Å². The molecule has 0 unspecified atom stereocenters. The number of hydrogen-bond donors (Lipinski definition) is 0. The molecule has 10 aromatic rings. The third kappa shape index (κ3) is 5.87. The Balaban J connectivity index is 1.14. The average Bonchev–Trinajstić information content (AvgIpc) is 3.47. The maximum absolute atomic E-state index is 2.52. The van der Waals surface area contributed by atoms with Crippen LogP contribution in [0.5, 0.6) is 0 Å². The third-order valence-corrected chi connectivity index (χ3v) is 14.8. The molecule has 2 heterocycles. The molecule has 2 nitrogen and oxygen atoms in total. The Morgan fingerprint density at radius 2 is 0.738 bits per heavy atom. The lowest BCUT2D eigenvalue weighted by Crippen LogP contribution is -2.15. The lowest BCUT2D eigenvalue weighted by atomic mass is 9.80. The van der Waals surface area contributed by atoms with E-state index in [1.165, 1.54) is 122 Å². The molecule has 0 radical (unpaired) electrons. The van der Waals surface area contributed by atoms with Crippen LogP contribution in [-0.2, 0) is 31.1 Å². The van der Waals surface area contributed by atoms with Gasteiger partial charge in [0.1, 0.15) is 0 Å². The number of rotatable bonds is 4. The maximum atomic E-state index is 2.52. The number of benzene rings is 10. The van der Waals surface area contributed by atoms with Gasteiger partial charge in [0.05, 0.1) is 0 Å². The Morgan fingerprint density at radius 3 is 1.25 bits per heavy atom. The smallest absolute Gasteiger partial charge is 0.0493 e. The molecule has 0 spiro atoms. The number of hydrogen-bond acceptors (Lipinski definition) is 2. The van der Waals surface area contributed by atoms with Crippen LogP contribution in [0.4, 0.5) is 34.1 Å². The van der Waals surface area contributed by atoms with Gasteiger partial charge in [-0.2, -0.15) is 0 Å². The predicted molar refractivity (Wildman–Crippen MR) is 274 cm³/mol.